The zero-order valence-corrected chi connectivity index (χ0v) is 30.3. The van der Waals surface area contributed by atoms with Crippen LogP contribution in [0.25, 0.3) is 88.7 Å². The molecule has 0 aliphatic heterocycles. The highest BCUT2D eigenvalue weighted by Gasteiger charge is 2.31. The van der Waals surface area contributed by atoms with E-state index in [1.807, 2.05) is 71.3 Å². The third-order valence-corrected chi connectivity index (χ3v) is 10.7. The molecule has 1 N–H and O–H groups in total. The first-order chi connectivity index (χ1) is 26.5. The summed E-state index contributed by atoms with van der Waals surface area (Å²) < 4.78 is 46.5. The van der Waals surface area contributed by atoms with E-state index in [0.29, 0.717) is 22.5 Å². The first-order valence-corrected chi connectivity index (χ1v) is 18.2. The smallest absolute Gasteiger partial charge is 0.354 e. The zero-order valence-electron chi connectivity index (χ0n) is 30.3. The highest BCUT2D eigenvalue weighted by Crippen LogP contribution is 2.42. The van der Waals surface area contributed by atoms with Crippen LogP contribution in [-0.2, 0) is 11.6 Å². The van der Waals surface area contributed by atoms with E-state index in [0.717, 1.165) is 72.2 Å². The Balaban J connectivity index is 1.26. The van der Waals surface area contributed by atoms with Crippen LogP contribution in [0.1, 0.15) is 31.9 Å². The van der Waals surface area contributed by atoms with Crippen LogP contribution in [0.4, 0.5) is 13.2 Å². The first-order valence-electron chi connectivity index (χ1n) is 18.2. The second-order valence-corrected chi connectivity index (χ2v) is 15.1. The number of nitrogens with one attached hydrogen (secondary N) is 1. The predicted octanol–water partition coefficient (Wildman–Crippen LogP) is 12.8. The topological polar surface area (TPSA) is 51.4 Å². The van der Waals surface area contributed by atoms with Gasteiger partial charge in [-0.25, -0.2) is 9.97 Å². The van der Waals surface area contributed by atoms with Crippen LogP contribution in [0, 0.1) is 0 Å². The number of halogens is 3. The number of benzene rings is 6. The van der Waals surface area contributed by atoms with Gasteiger partial charge in [0.1, 0.15) is 11.6 Å². The highest BCUT2D eigenvalue weighted by molar-refractivity contribution is 6.13. The fourth-order valence-electron chi connectivity index (χ4n) is 8.04. The van der Waals surface area contributed by atoms with Crippen LogP contribution in [0.5, 0.6) is 0 Å². The van der Waals surface area contributed by atoms with Gasteiger partial charge in [0.15, 0.2) is 0 Å². The number of rotatable bonds is 4. The molecule has 0 aliphatic rings. The van der Waals surface area contributed by atoms with Gasteiger partial charge < -0.3 is 4.98 Å². The molecule has 4 heterocycles. The summed E-state index contributed by atoms with van der Waals surface area (Å²) in [5.41, 5.74) is 8.70. The van der Waals surface area contributed by atoms with Crippen molar-refractivity contribution in [2.45, 2.75) is 32.4 Å². The van der Waals surface area contributed by atoms with Gasteiger partial charge in [-0.2, -0.15) is 13.2 Å². The summed E-state index contributed by atoms with van der Waals surface area (Å²) in [5.74, 6) is 1.35. The van der Waals surface area contributed by atoms with E-state index in [4.69, 9.17) is 9.97 Å². The number of aromatic amines is 1. The maximum absolute atomic E-state index is 14.2. The number of fused-ring (bicyclic) bond motifs is 7. The van der Waals surface area contributed by atoms with Gasteiger partial charge >= 0.3 is 6.18 Å². The minimum absolute atomic E-state index is 0.0312. The molecule has 0 bridgehead atoms. The average Bonchev–Trinajstić information content (AvgIpc) is 3.87. The molecule has 55 heavy (non-hydrogen) atoms. The second kappa shape index (κ2) is 11.9. The van der Waals surface area contributed by atoms with Crippen LogP contribution in [-0.4, -0.2) is 24.1 Å². The van der Waals surface area contributed by atoms with Crippen molar-refractivity contribution < 1.29 is 13.2 Å². The molecule has 0 atom stereocenters. The van der Waals surface area contributed by atoms with E-state index < -0.39 is 11.7 Å². The Morgan fingerprint density at radius 1 is 0.564 bits per heavy atom. The molecule has 4 aromatic heterocycles. The maximum Gasteiger partial charge on any atom is 0.416 e. The summed E-state index contributed by atoms with van der Waals surface area (Å²) in [6.45, 7) is 6.66. The number of nitrogens with zero attached hydrogens (tertiary/aromatic N) is 4. The molecule has 0 saturated heterocycles. The largest absolute Gasteiger partial charge is 0.416 e. The van der Waals surface area contributed by atoms with E-state index in [9.17, 15) is 13.2 Å². The number of aromatic nitrogens is 5. The van der Waals surface area contributed by atoms with Crippen molar-refractivity contribution in [3.8, 4) is 34.0 Å². The second-order valence-electron chi connectivity index (χ2n) is 15.1. The summed E-state index contributed by atoms with van der Waals surface area (Å²) in [6.07, 6.45) is -2.71. The number of pyridine rings is 1. The molecule has 8 heteroatoms. The molecule has 268 valence electrons. The van der Waals surface area contributed by atoms with E-state index in [1.54, 1.807) is 12.3 Å². The molecule has 0 unspecified atom stereocenters. The maximum atomic E-state index is 14.2. The molecule has 0 aliphatic carbocycles. The fraction of sp³-hybridized carbons (Fsp3) is 0.106. The number of H-pyrrole nitrogens is 1. The Labute approximate surface area is 314 Å². The van der Waals surface area contributed by atoms with E-state index >= 15 is 0 Å². The van der Waals surface area contributed by atoms with Gasteiger partial charge in [0, 0.05) is 50.1 Å². The van der Waals surface area contributed by atoms with Crippen LogP contribution in [0.2, 0.25) is 0 Å². The quantitative estimate of drug-likeness (QED) is 0.196. The number of para-hydroxylation sites is 3. The molecule has 0 amide bonds. The van der Waals surface area contributed by atoms with Gasteiger partial charge in [0.25, 0.3) is 0 Å². The molecular weight excluding hydrogens is 692 g/mol. The summed E-state index contributed by atoms with van der Waals surface area (Å²) in [6, 6.07) is 44.5. The highest BCUT2D eigenvalue weighted by atomic mass is 19.4. The molecular formula is C47H34F3N5. The van der Waals surface area contributed by atoms with Crippen LogP contribution >= 0.6 is 0 Å². The summed E-state index contributed by atoms with van der Waals surface area (Å²) in [7, 11) is 0. The van der Waals surface area contributed by atoms with Crippen molar-refractivity contribution in [2.24, 2.45) is 0 Å². The Morgan fingerprint density at radius 2 is 1.35 bits per heavy atom. The zero-order chi connectivity index (χ0) is 37.6. The summed E-state index contributed by atoms with van der Waals surface area (Å²) in [5, 5.41) is 4.31. The lowest BCUT2D eigenvalue weighted by Gasteiger charge is -2.19. The van der Waals surface area contributed by atoms with Gasteiger partial charge in [-0.05, 0) is 83.3 Å². The molecule has 10 rings (SSSR count). The Bertz CT molecular complexity index is 3120. The van der Waals surface area contributed by atoms with Gasteiger partial charge in [-0.3, -0.25) is 9.13 Å². The molecule has 0 radical (unpaired) electrons. The predicted molar refractivity (Wildman–Crippen MR) is 217 cm³/mol. The lowest BCUT2D eigenvalue weighted by Crippen LogP contribution is -2.10. The third-order valence-electron chi connectivity index (χ3n) is 10.7. The molecule has 5 nitrogen and oxygen atoms in total. The minimum atomic E-state index is -4.51. The van der Waals surface area contributed by atoms with Gasteiger partial charge in [0.2, 0.25) is 0 Å². The minimum Gasteiger partial charge on any atom is -0.354 e. The van der Waals surface area contributed by atoms with Crippen LogP contribution < -0.4 is 0 Å². The molecule has 0 saturated carbocycles. The van der Waals surface area contributed by atoms with E-state index in [1.165, 1.54) is 17.7 Å². The van der Waals surface area contributed by atoms with E-state index in [2.05, 4.69) is 78.9 Å². The molecule has 0 spiro atoms. The lowest BCUT2D eigenvalue weighted by atomic mass is 9.86. The number of hydrogen-bond donors (Lipinski definition) is 1. The fourth-order valence-corrected chi connectivity index (χ4v) is 8.04. The van der Waals surface area contributed by atoms with Crippen molar-refractivity contribution in [3.63, 3.8) is 0 Å². The molecule has 0 fully saturated rings. The van der Waals surface area contributed by atoms with Crippen molar-refractivity contribution >= 4 is 54.6 Å². The number of hydrogen-bond acceptors (Lipinski definition) is 2. The van der Waals surface area contributed by atoms with Gasteiger partial charge in [-0.1, -0.05) is 93.6 Å². The van der Waals surface area contributed by atoms with Crippen molar-refractivity contribution in [3.05, 3.63) is 157 Å². The summed E-state index contributed by atoms with van der Waals surface area (Å²) >= 11 is 0. The lowest BCUT2D eigenvalue weighted by molar-refractivity contribution is -0.137. The molecule has 6 aromatic carbocycles. The van der Waals surface area contributed by atoms with Gasteiger partial charge in [0.05, 0.1) is 33.1 Å². The Kier molecular flexibility index (Phi) is 7.14. The molecule has 10 aromatic rings. The normalized spacial score (nSPS) is 12.5. The Hall–Kier alpha value is -6.67. The number of alkyl halides is 3. The monoisotopic (exact) mass is 725 g/mol. The average molecular weight is 726 g/mol. The van der Waals surface area contributed by atoms with Crippen LogP contribution in [0.3, 0.4) is 0 Å². The number of imidazole rings is 1. The summed E-state index contributed by atoms with van der Waals surface area (Å²) in [4.78, 5) is 13.7. The third kappa shape index (κ3) is 5.23. The SMILES string of the molecule is CC(C)(C)c1ccc2c(c1)c1ccc(-c3cccc4c3nc(-c3cccc5c3[nH]c3ccccc35)n4-c3cccc(C(F)(F)F)c3)cc1n2-c1ccccn1. The first kappa shape index (κ1) is 32.9. The standard InChI is InChI=1S/C47H34F3N5/c1-46(2,3)29-21-23-39-37(27-29)34-22-20-28(25-41(34)55(39)42-19-6-7-24-51-42)32-14-10-18-40-44(32)53-45(54(40)31-12-8-11-30(26-31)47(48,49)50)36-16-9-15-35-33-13-4-5-17-38(33)52-43(35)36/h4-27,52H,1-3H3. The Morgan fingerprint density at radius 3 is 2.16 bits per heavy atom. The van der Waals surface area contributed by atoms with Crippen molar-refractivity contribution in [1.29, 1.82) is 0 Å². The van der Waals surface area contributed by atoms with Crippen molar-refractivity contribution in [2.75, 3.05) is 0 Å². The van der Waals surface area contributed by atoms with E-state index in [-0.39, 0.29) is 5.41 Å². The van der Waals surface area contributed by atoms with Gasteiger partial charge in [-0.15, -0.1) is 0 Å². The van der Waals surface area contributed by atoms with Crippen molar-refractivity contribution in [1.82, 2.24) is 24.1 Å². The van der Waals surface area contributed by atoms with Crippen LogP contribution in [0.15, 0.2) is 146 Å².